The molecule has 0 aliphatic heterocycles. The number of nitrogens with two attached hydrogens (primary N) is 1. The number of nitrogens with zero attached hydrogens (tertiary/aromatic N) is 1. The van der Waals surface area contributed by atoms with Crippen LogP contribution >= 0.6 is 0 Å². The molecule has 3 nitrogen and oxygen atoms in total. The zero-order valence-corrected chi connectivity index (χ0v) is 8.46. The van der Waals surface area contributed by atoms with Gasteiger partial charge in [-0.2, -0.15) is 0 Å². The molecule has 1 fully saturated rings. The molecule has 1 rings (SSSR count). The van der Waals surface area contributed by atoms with Gasteiger partial charge in [0.2, 0.25) is 5.91 Å². The molecule has 0 aromatic heterocycles. The lowest BCUT2D eigenvalue weighted by Gasteiger charge is -2.27. The van der Waals surface area contributed by atoms with E-state index >= 15 is 0 Å². The minimum atomic E-state index is 0.290. The Labute approximate surface area is 80.3 Å². The second-order valence-electron chi connectivity index (χ2n) is 3.96. The van der Waals surface area contributed by atoms with Gasteiger partial charge < -0.3 is 10.6 Å². The van der Waals surface area contributed by atoms with Gasteiger partial charge in [-0.3, -0.25) is 4.79 Å². The number of hydrogen-bond acceptors (Lipinski definition) is 2. The Bertz CT molecular complexity index is 166. The van der Waals surface area contributed by atoms with Crippen LogP contribution < -0.4 is 5.73 Å². The normalized spacial score (nSPS) is 16.8. The molecule has 3 heteroatoms. The van der Waals surface area contributed by atoms with E-state index in [4.69, 9.17) is 5.73 Å². The van der Waals surface area contributed by atoms with Gasteiger partial charge >= 0.3 is 0 Å². The van der Waals surface area contributed by atoms with Crippen LogP contribution in [0, 0.1) is 5.92 Å². The van der Waals surface area contributed by atoms with E-state index in [0.717, 1.165) is 19.4 Å². The van der Waals surface area contributed by atoms with Crippen molar-refractivity contribution >= 4 is 5.91 Å². The van der Waals surface area contributed by atoms with Gasteiger partial charge in [-0.15, -0.1) is 0 Å². The van der Waals surface area contributed by atoms with Crippen LogP contribution in [0.15, 0.2) is 0 Å². The van der Waals surface area contributed by atoms with Crippen molar-refractivity contribution in [3.05, 3.63) is 0 Å². The smallest absolute Gasteiger partial charge is 0.222 e. The molecule has 0 radical (unpaired) electrons. The van der Waals surface area contributed by atoms with Crippen LogP contribution in [-0.2, 0) is 4.79 Å². The van der Waals surface area contributed by atoms with Crippen molar-refractivity contribution in [2.24, 2.45) is 11.7 Å². The Balaban J connectivity index is 2.13. The second-order valence-corrected chi connectivity index (χ2v) is 3.96. The van der Waals surface area contributed by atoms with Gasteiger partial charge in [-0.05, 0) is 31.7 Å². The number of rotatable bonds is 5. The molecule has 0 bridgehead atoms. The molecule has 0 saturated heterocycles. The Kier molecular flexibility index (Phi) is 4.22. The lowest BCUT2D eigenvalue weighted by molar-refractivity contribution is -0.131. The van der Waals surface area contributed by atoms with Crippen LogP contribution in [0.1, 0.15) is 32.1 Å². The Hall–Kier alpha value is -0.570. The Morgan fingerprint density at radius 2 is 2.23 bits per heavy atom. The van der Waals surface area contributed by atoms with Gasteiger partial charge in [0.05, 0.1) is 0 Å². The van der Waals surface area contributed by atoms with E-state index in [1.807, 2.05) is 11.9 Å². The molecule has 0 atom stereocenters. The first-order valence-electron chi connectivity index (χ1n) is 5.18. The summed E-state index contributed by atoms with van der Waals surface area (Å²) in [6.07, 6.45) is 5.46. The van der Waals surface area contributed by atoms with Crippen LogP contribution in [0.25, 0.3) is 0 Å². The molecule has 1 amide bonds. The van der Waals surface area contributed by atoms with Gasteiger partial charge in [0.1, 0.15) is 0 Å². The third kappa shape index (κ3) is 3.35. The lowest BCUT2D eigenvalue weighted by Crippen LogP contribution is -2.31. The van der Waals surface area contributed by atoms with E-state index in [-0.39, 0.29) is 5.91 Å². The quantitative estimate of drug-likeness (QED) is 0.692. The molecular formula is C10H20N2O. The molecule has 0 unspecified atom stereocenters. The van der Waals surface area contributed by atoms with E-state index < -0.39 is 0 Å². The maximum Gasteiger partial charge on any atom is 0.222 e. The summed E-state index contributed by atoms with van der Waals surface area (Å²) in [5, 5.41) is 0. The van der Waals surface area contributed by atoms with Crippen LogP contribution in [-0.4, -0.2) is 30.9 Å². The summed E-state index contributed by atoms with van der Waals surface area (Å²) in [5.41, 5.74) is 5.38. The molecule has 1 aliphatic rings. The highest BCUT2D eigenvalue weighted by atomic mass is 16.2. The van der Waals surface area contributed by atoms with E-state index in [2.05, 4.69) is 0 Å². The second kappa shape index (κ2) is 5.22. The third-order valence-electron chi connectivity index (χ3n) is 2.81. The van der Waals surface area contributed by atoms with Crippen molar-refractivity contribution in [3.8, 4) is 0 Å². The topological polar surface area (TPSA) is 46.3 Å². The predicted octanol–water partition coefficient (Wildman–Crippen LogP) is 0.984. The fourth-order valence-electron chi connectivity index (χ4n) is 1.55. The van der Waals surface area contributed by atoms with E-state index in [1.165, 1.54) is 19.3 Å². The monoisotopic (exact) mass is 184 g/mol. The molecule has 0 spiro atoms. The summed E-state index contributed by atoms with van der Waals surface area (Å²) in [6.45, 7) is 1.48. The average Bonchev–Trinajstić information content (AvgIpc) is 2.06. The molecule has 1 saturated carbocycles. The summed E-state index contributed by atoms with van der Waals surface area (Å²) in [4.78, 5) is 13.3. The first-order chi connectivity index (χ1) is 6.24. The van der Waals surface area contributed by atoms with Crippen molar-refractivity contribution < 1.29 is 4.79 Å². The Morgan fingerprint density at radius 3 is 2.69 bits per heavy atom. The molecule has 0 aromatic carbocycles. The number of carbonyl (C=O) groups excluding carboxylic acids is 1. The van der Waals surface area contributed by atoms with Crippen molar-refractivity contribution in [1.82, 2.24) is 4.90 Å². The van der Waals surface area contributed by atoms with E-state index in [0.29, 0.717) is 12.5 Å². The summed E-state index contributed by atoms with van der Waals surface area (Å²) in [5.74, 6) is 0.964. The highest BCUT2D eigenvalue weighted by Crippen LogP contribution is 2.29. The summed E-state index contributed by atoms with van der Waals surface area (Å²) >= 11 is 0. The average molecular weight is 184 g/mol. The third-order valence-corrected chi connectivity index (χ3v) is 2.81. The van der Waals surface area contributed by atoms with Gasteiger partial charge in [0.25, 0.3) is 0 Å². The van der Waals surface area contributed by atoms with Crippen molar-refractivity contribution in [1.29, 1.82) is 0 Å². The highest BCUT2D eigenvalue weighted by molar-refractivity contribution is 5.76. The van der Waals surface area contributed by atoms with Gasteiger partial charge in [-0.1, -0.05) is 6.42 Å². The van der Waals surface area contributed by atoms with Crippen LogP contribution in [0.4, 0.5) is 0 Å². The fourth-order valence-corrected chi connectivity index (χ4v) is 1.55. The predicted molar refractivity (Wildman–Crippen MR) is 53.3 cm³/mol. The number of hydrogen-bond donors (Lipinski definition) is 1. The fraction of sp³-hybridized carbons (Fsp3) is 0.900. The largest absolute Gasteiger partial charge is 0.346 e. The zero-order valence-electron chi connectivity index (χ0n) is 8.46. The molecule has 0 aromatic rings. The van der Waals surface area contributed by atoms with Crippen molar-refractivity contribution in [3.63, 3.8) is 0 Å². The van der Waals surface area contributed by atoms with Crippen molar-refractivity contribution in [2.75, 3.05) is 20.1 Å². The number of carbonyl (C=O) groups is 1. The molecule has 76 valence electrons. The van der Waals surface area contributed by atoms with Gasteiger partial charge in [-0.25, -0.2) is 0 Å². The summed E-state index contributed by atoms with van der Waals surface area (Å²) < 4.78 is 0. The number of amides is 1. The van der Waals surface area contributed by atoms with Crippen LogP contribution in [0.5, 0.6) is 0 Å². The highest BCUT2D eigenvalue weighted by Gasteiger charge is 2.21. The molecular weight excluding hydrogens is 164 g/mol. The lowest BCUT2D eigenvalue weighted by atomic mass is 9.83. The standard InChI is InChI=1S/C10H20N2O/c1-12(7-3-6-11)10(13)8-9-4-2-5-9/h9H,2-8,11H2,1H3. The maximum atomic E-state index is 11.5. The van der Waals surface area contributed by atoms with Gasteiger partial charge in [0, 0.05) is 20.0 Å². The molecule has 1 aliphatic carbocycles. The van der Waals surface area contributed by atoms with Crippen LogP contribution in [0.3, 0.4) is 0 Å². The van der Waals surface area contributed by atoms with E-state index in [1.54, 1.807) is 0 Å². The first-order valence-corrected chi connectivity index (χ1v) is 5.18. The molecule has 2 N–H and O–H groups in total. The van der Waals surface area contributed by atoms with E-state index in [9.17, 15) is 4.79 Å². The van der Waals surface area contributed by atoms with Crippen LogP contribution in [0.2, 0.25) is 0 Å². The minimum Gasteiger partial charge on any atom is -0.346 e. The van der Waals surface area contributed by atoms with Gasteiger partial charge in [0.15, 0.2) is 0 Å². The SMILES string of the molecule is CN(CCCN)C(=O)CC1CCC1. The Morgan fingerprint density at radius 1 is 1.54 bits per heavy atom. The first kappa shape index (κ1) is 10.5. The molecule has 13 heavy (non-hydrogen) atoms. The minimum absolute atomic E-state index is 0.290. The van der Waals surface area contributed by atoms with Crippen molar-refractivity contribution in [2.45, 2.75) is 32.1 Å². The zero-order chi connectivity index (χ0) is 9.68. The maximum absolute atomic E-state index is 11.5. The molecule has 0 heterocycles. The summed E-state index contributed by atoms with van der Waals surface area (Å²) in [7, 11) is 1.87. The summed E-state index contributed by atoms with van der Waals surface area (Å²) in [6, 6.07) is 0.